The monoisotopic (exact) mass is 374 g/mol. The zero-order valence-corrected chi connectivity index (χ0v) is 17.0. The molecular formula is C21H34N4O2. The van der Waals surface area contributed by atoms with E-state index in [0.717, 1.165) is 48.6 Å². The number of aliphatic imine (C=N–C) groups is 1. The van der Waals surface area contributed by atoms with Crippen molar-refractivity contribution in [3.8, 4) is 11.5 Å². The molecule has 1 aromatic rings. The summed E-state index contributed by atoms with van der Waals surface area (Å²) >= 11 is 0. The highest BCUT2D eigenvalue weighted by atomic mass is 16.5. The maximum atomic E-state index is 5.46. The third kappa shape index (κ3) is 5.28. The molecule has 1 aromatic carbocycles. The molecule has 2 N–H and O–H groups in total. The zero-order valence-electron chi connectivity index (χ0n) is 17.0. The number of nitrogens with zero attached hydrogens (tertiary/aromatic N) is 2. The van der Waals surface area contributed by atoms with E-state index in [2.05, 4.69) is 20.5 Å². The average molecular weight is 375 g/mol. The lowest BCUT2D eigenvalue weighted by Crippen LogP contribution is -2.45. The van der Waals surface area contributed by atoms with Crippen LogP contribution in [-0.4, -0.2) is 63.8 Å². The molecule has 1 saturated carbocycles. The van der Waals surface area contributed by atoms with Crippen LogP contribution in [0.15, 0.2) is 23.2 Å². The summed E-state index contributed by atoms with van der Waals surface area (Å²) in [7, 11) is 5.23. The quantitative estimate of drug-likeness (QED) is 0.567. The Morgan fingerprint density at radius 1 is 1.19 bits per heavy atom. The van der Waals surface area contributed by atoms with E-state index in [1.807, 2.05) is 25.2 Å². The predicted octanol–water partition coefficient (Wildman–Crippen LogP) is 2.43. The van der Waals surface area contributed by atoms with Crippen molar-refractivity contribution >= 4 is 5.96 Å². The number of rotatable bonds is 7. The Hall–Kier alpha value is -1.95. The fourth-order valence-corrected chi connectivity index (χ4v) is 4.29. The fourth-order valence-electron chi connectivity index (χ4n) is 4.29. The predicted molar refractivity (Wildman–Crippen MR) is 110 cm³/mol. The highest BCUT2D eigenvalue weighted by Gasteiger charge is 2.30. The molecule has 1 heterocycles. The van der Waals surface area contributed by atoms with Crippen LogP contribution in [0.25, 0.3) is 0 Å². The number of hydrogen-bond acceptors (Lipinski definition) is 4. The van der Waals surface area contributed by atoms with Gasteiger partial charge in [0.25, 0.3) is 0 Å². The minimum absolute atomic E-state index is 0.489. The van der Waals surface area contributed by atoms with Gasteiger partial charge in [-0.1, -0.05) is 12.8 Å². The van der Waals surface area contributed by atoms with Crippen LogP contribution >= 0.6 is 0 Å². The largest absolute Gasteiger partial charge is 0.497 e. The van der Waals surface area contributed by atoms with Gasteiger partial charge >= 0.3 is 0 Å². The summed E-state index contributed by atoms with van der Waals surface area (Å²) < 4.78 is 10.8. The number of methoxy groups -OCH3 is 2. The summed E-state index contributed by atoms with van der Waals surface area (Å²) in [6.07, 6.45) is 7.59. The van der Waals surface area contributed by atoms with Gasteiger partial charge < -0.3 is 20.1 Å². The van der Waals surface area contributed by atoms with Crippen LogP contribution in [0.4, 0.5) is 0 Å². The van der Waals surface area contributed by atoms with Crippen molar-refractivity contribution < 1.29 is 9.47 Å². The van der Waals surface area contributed by atoms with Gasteiger partial charge in [-0.05, 0) is 49.4 Å². The van der Waals surface area contributed by atoms with E-state index in [9.17, 15) is 0 Å². The summed E-state index contributed by atoms with van der Waals surface area (Å²) in [5, 5.41) is 7.04. The van der Waals surface area contributed by atoms with Crippen molar-refractivity contribution in [2.45, 2.75) is 50.6 Å². The highest BCUT2D eigenvalue weighted by molar-refractivity contribution is 5.80. The number of nitrogens with one attached hydrogen (secondary N) is 2. The van der Waals surface area contributed by atoms with Gasteiger partial charge in [0.05, 0.1) is 14.2 Å². The summed E-state index contributed by atoms with van der Waals surface area (Å²) in [5.41, 5.74) is 1.13. The normalized spacial score (nSPS) is 21.4. The summed E-state index contributed by atoms with van der Waals surface area (Å²) in [5.74, 6) is 2.63. The molecule has 2 fully saturated rings. The first-order valence-corrected chi connectivity index (χ1v) is 10.2. The van der Waals surface area contributed by atoms with Gasteiger partial charge in [0.2, 0.25) is 0 Å². The molecule has 150 valence electrons. The van der Waals surface area contributed by atoms with Crippen molar-refractivity contribution in [2.75, 3.05) is 40.9 Å². The molecule has 1 aliphatic heterocycles. The van der Waals surface area contributed by atoms with Gasteiger partial charge in [0, 0.05) is 38.8 Å². The Kier molecular flexibility index (Phi) is 7.21. The molecule has 0 radical (unpaired) electrons. The molecule has 0 aromatic heterocycles. The molecule has 27 heavy (non-hydrogen) atoms. The molecule has 0 bridgehead atoms. The number of ether oxygens (including phenoxy) is 2. The number of hydrogen-bond donors (Lipinski definition) is 2. The Morgan fingerprint density at radius 2 is 2.00 bits per heavy atom. The van der Waals surface area contributed by atoms with Crippen molar-refractivity contribution in [1.29, 1.82) is 0 Å². The first-order valence-electron chi connectivity index (χ1n) is 10.2. The first-order chi connectivity index (χ1) is 13.2. The highest BCUT2D eigenvalue weighted by Crippen LogP contribution is 2.26. The molecular weight excluding hydrogens is 340 g/mol. The van der Waals surface area contributed by atoms with E-state index in [4.69, 9.17) is 9.47 Å². The van der Waals surface area contributed by atoms with Gasteiger partial charge in [0.1, 0.15) is 11.5 Å². The van der Waals surface area contributed by atoms with Crippen molar-refractivity contribution in [3.63, 3.8) is 0 Å². The number of benzene rings is 1. The van der Waals surface area contributed by atoms with E-state index in [0.29, 0.717) is 6.04 Å². The maximum absolute atomic E-state index is 5.46. The molecule has 1 unspecified atom stereocenters. The van der Waals surface area contributed by atoms with E-state index in [1.165, 1.54) is 38.6 Å². The first kappa shape index (κ1) is 19.8. The lowest BCUT2D eigenvalue weighted by molar-refractivity contribution is 0.242. The van der Waals surface area contributed by atoms with E-state index >= 15 is 0 Å². The molecule has 2 aliphatic rings. The summed E-state index contributed by atoms with van der Waals surface area (Å²) in [6, 6.07) is 7.22. The fraction of sp³-hybridized carbons (Fsp3) is 0.667. The third-order valence-corrected chi connectivity index (χ3v) is 5.80. The van der Waals surface area contributed by atoms with Crippen LogP contribution in [0.2, 0.25) is 0 Å². The van der Waals surface area contributed by atoms with Crippen LogP contribution in [0.1, 0.15) is 37.7 Å². The van der Waals surface area contributed by atoms with Gasteiger partial charge in [0.15, 0.2) is 5.96 Å². The second-order valence-corrected chi connectivity index (χ2v) is 7.49. The lowest BCUT2D eigenvalue weighted by Gasteiger charge is -2.24. The van der Waals surface area contributed by atoms with Gasteiger partial charge in [-0.3, -0.25) is 9.89 Å². The van der Waals surface area contributed by atoms with Crippen LogP contribution in [0.5, 0.6) is 11.5 Å². The molecule has 0 spiro atoms. The molecule has 3 rings (SSSR count). The Morgan fingerprint density at radius 3 is 2.70 bits per heavy atom. The standard InChI is InChI=1S/C21H34N4O2/c1-22-21(24-17-11-13-25(15-17)18-6-4-5-7-18)23-12-10-16-14-19(26-2)8-9-20(16)27-3/h8-9,14,17-18H,4-7,10-13,15H2,1-3H3,(H2,22,23,24). The van der Waals surface area contributed by atoms with Crippen LogP contribution in [0, 0.1) is 0 Å². The molecule has 1 atom stereocenters. The van der Waals surface area contributed by atoms with Crippen molar-refractivity contribution in [1.82, 2.24) is 15.5 Å². The van der Waals surface area contributed by atoms with Gasteiger partial charge in [-0.2, -0.15) is 0 Å². The Bertz CT molecular complexity index is 629. The van der Waals surface area contributed by atoms with Crippen LogP contribution in [-0.2, 0) is 6.42 Å². The third-order valence-electron chi connectivity index (χ3n) is 5.80. The molecule has 1 aliphatic carbocycles. The van der Waals surface area contributed by atoms with E-state index < -0.39 is 0 Å². The minimum Gasteiger partial charge on any atom is -0.497 e. The second kappa shape index (κ2) is 9.83. The minimum atomic E-state index is 0.489. The molecule has 6 heteroatoms. The topological polar surface area (TPSA) is 58.1 Å². The van der Waals surface area contributed by atoms with Crippen LogP contribution in [0.3, 0.4) is 0 Å². The molecule has 1 saturated heterocycles. The van der Waals surface area contributed by atoms with E-state index in [-0.39, 0.29) is 0 Å². The SMILES string of the molecule is CN=C(NCCc1cc(OC)ccc1OC)NC1CCN(C2CCCC2)C1. The summed E-state index contributed by atoms with van der Waals surface area (Å²) in [4.78, 5) is 7.07. The van der Waals surface area contributed by atoms with Gasteiger partial charge in [-0.25, -0.2) is 0 Å². The summed E-state index contributed by atoms with van der Waals surface area (Å²) in [6.45, 7) is 3.14. The maximum Gasteiger partial charge on any atom is 0.191 e. The lowest BCUT2D eigenvalue weighted by atomic mass is 10.1. The smallest absolute Gasteiger partial charge is 0.191 e. The van der Waals surface area contributed by atoms with Crippen molar-refractivity contribution in [2.24, 2.45) is 4.99 Å². The van der Waals surface area contributed by atoms with Gasteiger partial charge in [-0.15, -0.1) is 0 Å². The average Bonchev–Trinajstić information content (AvgIpc) is 3.38. The molecule has 0 amide bonds. The zero-order chi connectivity index (χ0) is 19.1. The van der Waals surface area contributed by atoms with E-state index in [1.54, 1.807) is 14.2 Å². The second-order valence-electron chi connectivity index (χ2n) is 7.49. The van der Waals surface area contributed by atoms with Crippen molar-refractivity contribution in [3.05, 3.63) is 23.8 Å². The van der Waals surface area contributed by atoms with Crippen LogP contribution < -0.4 is 20.1 Å². The number of likely N-dealkylation sites (tertiary alicyclic amines) is 1. The number of guanidine groups is 1. The Labute approximate surface area is 163 Å². The molecule has 6 nitrogen and oxygen atoms in total. The Balaban J connectivity index is 1.46.